The van der Waals surface area contributed by atoms with Gasteiger partial charge in [0, 0.05) is 49.3 Å². The normalized spacial score (nSPS) is 20.8. The maximum absolute atomic E-state index is 13.9. The number of amides is 2. The number of Topliss-reactive ketones (excluding diaryl/α,β-unsaturated/α-hetero) is 1. The fraction of sp³-hybridized carbons (Fsp3) is 0.531. The maximum Gasteiger partial charge on any atom is 0.254 e. The molecule has 0 radical (unpaired) electrons. The topological polar surface area (TPSA) is 69.7 Å². The first kappa shape index (κ1) is 28.4. The molecule has 1 saturated carbocycles. The van der Waals surface area contributed by atoms with Crippen molar-refractivity contribution in [2.45, 2.75) is 76.8 Å². The second-order valence-corrected chi connectivity index (χ2v) is 11.6. The third-order valence-electron chi connectivity index (χ3n) is 8.95. The van der Waals surface area contributed by atoms with Crippen molar-refractivity contribution in [1.29, 1.82) is 0 Å². The molecule has 2 atom stereocenters. The zero-order valence-electron chi connectivity index (χ0n) is 23.3. The highest BCUT2D eigenvalue weighted by atomic mass is 19.1. The number of carbonyl (C=O) groups excluding carboxylic acids is 3. The summed E-state index contributed by atoms with van der Waals surface area (Å²) in [5, 5.41) is 2.98. The number of nitrogens with one attached hydrogen (secondary N) is 1. The van der Waals surface area contributed by atoms with Crippen LogP contribution in [0.3, 0.4) is 0 Å². The van der Waals surface area contributed by atoms with E-state index in [1.807, 2.05) is 21.9 Å². The number of fused-ring (bicyclic) bond motifs is 1. The van der Waals surface area contributed by atoms with Crippen molar-refractivity contribution < 1.29 is 23.2 Å². The molecule has 40 heavy (non-hydrogen) atoms. The average Bonchev–Trinajstić information content (AvgIpc) is 2.96. The van der Waals surface area contributed by atoms with Crippen LogP contribution in [0.15, 0.2) is 36.4 Å². The lowest BCUT2D eigenvalue weighted by Crippen LogP contribution is -2.51. The smallest absolute Gasteiger partial charge is 0.254 e. The number of halogens is 2. The average molecular weight is 552 g/mol. The number of carbonyl (C=O) groups is 3. The van der Waals surface area contributed by atoms with Gasteiger partial charge in [0.1, 0.15) is 11.6 Å². The Morgan fingerprint density at radius 1 is 1.00 bits per heavy atom. The van der Waals surface area contributed by atoms with E-state index in [9.17, 15) is 23.2 Å². The van der Waals surface area contributed by atoms with Gasteiger partial charge in [0.15, 0.2) is 5.78 Å². The van der Waals surface area contributed by atoms with Gasteiger partial charge in [-0.15, -0.1) is 0 Å². The van der Waals surface area contributed by atoms with Crippen LogP contribution in [-0.2, 0) is 22.6 Å². The summed E-state index contributed by atoms with van der Waals surface area (Å²) in [6.45, 7) is 3.61. The number of ketones is 1. The first-order valence-electron chi connectivity index (χ1n) is 14.7. The molecule has 2 aromatic carbocycles. The summed E-state index contributed by atoms with van der Waals surface area (Å²) in [4.78, 5) is 43.1. The molecule has 1 unspecified atom stereocenters. The Morgan fingerprint density at radius 2 is 1.80 bits per heavy atom. The SMILES string of the molecule is CC(=O)[C@@H](C1CCCCC1)N1CCc2ccc(C3CCCN(C(=O)CNCc4ccc(F)cc4F)C3)cc2C1=O. The fourth-order valence-corrected chi connectivity index (χ4v) is 6.84. The van der Waals surface area contributed by atoms with Crippen molar-refractivity contribution in [3.8, 4) is 0 Å². The Balaban J connectivity index is 1.23. The van der Waals surface area contributed by atoms with E-state index in [1.165, 1.54) is 18.6 Å². The highest BCUT2D eigenvalue weighted by Gasteiger charge is 2.38. The number of likely N-dealkylation sites (tertiary alicyclic amines) is 1. The number of hydrogen-bond acceptors (Lipinski definition) is 4. The molecule has 1 aliphatic carbocycles. The largest absolute Gasteiger partial charge is 0.341 e. The first-order valence-corrected chi connectivity index (χ1v) is 14.7. The molecule has 2 heterocycles. The Hall–Kier alpha value is -3.13. The monoisotopic (exact) mass is 551 g/mol. The third kappa shape index (κ3) is 6.27. The number of rotatable bonds is 8. The first-order chi connectivity index (χ1) is 19.3. The quantitative estimate of drug-likeness (QED) is 0.502. The Morgan fingerprint density at radius 3 is 2.55 bits per heavy atom. The Labute approximate surface area is 235 Å². The highest BCUT2D eigenvalue weighted by molar-refractivity contribution is 6.00. The summed E-state index contributed by atoms with van der Waals surface area (Å²) < 4.78 is 27.0. The molecule has 0 bridgehead atoms. The molecule has 6 nitrogen and oxygen atoms in total. The van der Waals surface area contributed by atoms with Crippen molar-refractivity contribution in [2.75, 3.05) is 26.2 Å². The van der Waals surface area contributed by atoms with Crippen LogP contribution in [0.5, 0.6) is 0 Å². The van der Waals surface area contributed by atoms with Gasteiger partial charge >= 0.3 is 0 Å². The zero-order valence-corrected chi connectivity index (χ0v) is 23.3. The highest BCUT2D eigenvalue weighted by Crippen LogP contribution is 2.34. The molecule has 8 heteroatoms. The van der Waals surface area contributed by atoms with Crippen molar-refractivity contribution in [2.24, 2.45) is 5.92 Å². The molecule has 2 fully saturated rings. The number of nitrogens with zero attached hydrogens (tertiary/aromatic N) is 2. The minimum absolute atomic E-state index is 0.0464. The van der Waals surface area contributed by atoms with E-state index in [2.05, 4.69) is 11.4 Å². The van der Waals surface area contributed by atoms with Gasteiger partial charge in [-0.25, -0.2) is 8.78 Å². The fourth-order valence-electron chi connectivity index (χ4n) is 6.84. The summed E-state index contributed by atoms with van der Waals surface area (Å²) in [5.41, 5.74) is 3.08. The van der Waals surface area contributed by atoms with Crippen LogP contribution in [0.1, 0.15) is 84.8 Å². The van der Waals surface area contributed by atoms with Gasteiger partial charge in [-0.3, -0.25) is 14.4 Å². The van der Waals surface area contributed by atoms with E-state index in [0.717, 1.165) is 62.1 Å². The van der Waals surface area contributed by atoms with Gasteiger partial charge in [0.2, 0.25) is 5.91 Å². The van der Waals surface area contributed by atoms with Gasteiger partial charge < -0.3 is 15.1 Å². The van der Waals surface area contributed by atoms with E-state index in [0.29, 0.717) is 30.8 Å². The van der Waals surface area contributed by atoms with Crippen molar-refractivity contribution in [1.82, 2.24) is 15.1 Å². The van der Waals surface area contributed by atoms with E-state index < -0.39 is 11.6 Å². The molecule has 1 saturated heterocycles. The number of benzene rings is 2. The van der Waals surface area contributed by atoms with Crippen molar-refractivity contribution in [3.05, 3.63) is 70.3 Å². The van der Waals surface area contributed by atoms with Gasteiger partial charge in [-0.05, 0) is 68.2 Å². The molecule has 2 amide bonds. The third-order valence-corrected chi connectivity index (χ3v) is 8.95. The minimum Gasteiger partial charge on any atom is -0.341 e. The molecule has 0 spiro atoms. The lowest BCUT2D eigenvalue weighted by molar-refractivity contribution is -0.131. The van der Waals surface area contributed by atoms with E-state index in [4.69, 9.17) is 0 Å². The molecular weight excluding hydrogens is 512 g/mol. The van der Waals surface area contributed by atoms with Crippen LogP contribution >= 0.6 is 0 Å². The van der Waals surface area contributed by atoms with E-state index in [-0.39, 0.29) is 48.6 Å². The lowest BCUT2D eigenvalue weighted by Gasteiger charge is -2.40. The minimum atomic E-state index is -0.633. The van der Waals surface area contributed by atoms with E-state index >= 15 is 0 Å². The van der Waals surface area contributed by atoms with Gasteiger partial charge in [-0.2, -0.15) is 0 Å². The lowest BCUT2D eigenvalue weighted by atomic mass is 9.80. The molecule has 214 valence electrons. The summed E-state index contributed by atoms with van der Waals surface area (Å²) in [6, 6.07) is 9.20. The molecule has 0 aromatic heterocycles. The second kappa shape index (κ2) is 12.6. The maximum atomic E-state index is 13.9. The molecule has 1 N–H and O–H groups in total. The van der Waals surface area contributed by atoms with Crippen LogP contribution in [0.4, 0.5) is 8.78 Å². The summed E-state index contributed by atoms with van der Waals surface area (Å²) in [7, 11) is 0. The summed E-state index contributed by atoms with van der Waals surface area (Å²) in [6.07, 6.45) is 7.96. The van der Waals surface area contributed by atoms with Crippen LogP contribution in [0.25, 0.3) is 0 Å². The summed E-state index contributed by atoms with van der Waals surface area (Å²) >= 11 is 0. The van der Waals surface area contributed by atoms with Gasteiger partial charge in [0.05, 0.1) is 12.6 Å². The molecule has 2 aliphatic heterocycles. The Kier molecular flexibility index (Phi) is 8.94. The van der Waals surface area contributed by atoms with Crippen LogP contribution in [-0.4, -0.2) is 59.6 Å². The standard InChI is InChI=1S/C32H39F2N3O3/c1-21(38)31(23-6-3-2-4-7-23)37-15-13-22-9-10-24(16-28(22)32(37)40)26-8-5-14-36(20-26)30(39)19-35-18-25-11-12-27(33)17-29(25)34/h9-12,16-17,23,26,31,35H,2-8,13-15,18-20H2,1H3/t26?,31-/m0/s1. The van der Waals surface area contributed by atoms with Gasteiger partial charge in [0.25, 0.3) is 5.91 Å². The van der Waals surface area contributed by atoms with Crippen molar-refractivity contribution >= 4 is 17.6 Å². The number of hydrogen-bond donors (Lipinski definition) is 1. The second-order valence-electron chi connectivity index (χ2n) is 11.6. The molecule has 3 aliphatic rings. The molecule has 5 rings (SSSR count). The number of piperidine rings is 1. The van der Waals surface area contributed by atoms with Crippen molar-refractivity contribution in [3.63, 3.8) is 0 Å². The molecule has 2 aromatic rings. The predicted octanol–water partition coefficient (Wildman–Crippen LogP) is 5.00. The van der Waals surface area contributed by atoms with Crippen LogP contribution < -0.4 is 5.32 Å². The van der Waals surface area contributed by atoms with E-state index in [1.54, 1.807) is 6.92 Å². The van der Waals surface area contributed by atoms with Gasteiger partial charge in [-0.1, -0.05) is 37.5 Å². The molecular formula is C32H39F2N3O3. The predicted molar refractivity (Wildman–Crippen MR) is 149 cm³/mol. The summed E-state index contributed by atoms with van der Waals surface area (Å²) in [5.74, 6) is -0.937. The zero-order chi connectivity index (χ0) is 28.2. The van der Waals surface area contributed by atoms with Crippen LogP contribution in [0.2, 0.25) is 0 Å². The Bertz CT molecular complexity index is 1260. The van der Waals surface area contributed by atoms with Crippen LogP contribution in [0, 0.1) is 17.6 Å².